The van der Waals surface area contributed by atoms with Gasteiger partial charge < -0.3 is 20.5 Å². The number of carbonyl (C=O) groups is 2. The van der Waals surface area contributed by atoms with Gasteiger partial charge in [0.15, 0.2) is 0 Å². The van der Waals surface area contributed by atoms with Gasteiger partial charge in [-0.05, 0) is 33.1 Å². The zero-order valence-electron chi connectivity index (χ0n) is 12.4. The monoisotopic (exact) mass is 274 g/mol. The van der Waals surface area contributed by atoms with Crippen LogP contribution in [-0.4, -0.2) is 41.9 Å². The lowest BCUT2D eigenvalue weighted by Crippen LogP contribution is -2.42. The van der Waals surface area contributed by atoms with Crippen LogP contribution in [0.1, 0.15) is 41.0 Å². The van der Waals surface area contributed by atoms with Crippen LogP contribution in [0.5, 0.6) is 0 Å². The van der Waals surface area contributed by atoms with Crippen LogP contribution in [0.25, 0.3) is 0 Å². The average Bonchev–Trinajstić information content (AvgIpc) is 2.19. The van der Waals surface area contributed by atoms with Gasteiger partial charge in [0.25, 0.3) is 0 Å². The Labute approximate surface area is 114 Å². The molecule has 6 heteroatoms. The van der Waals surface area contributed by atoms with E-state index in [0.29, 0.717) is 25.4 Å². The lowest BCUT2D eigenvalue weighted by Gasteiger charge is -2.20. The van der Waals surface area contributed by atoms with Crippen molar-refractivity contribution < 1.29 is 19.4 Å². The molecular weight excluding hydrogens is 248 g/mol. The minimum atomic E-state index is -0.869. The van der Waals surface area contributed by atoms with Crippen LogP contribution in [0.2, 0.25) is 0 Å². The van der Waals surface area contributed by atoms with Crippen LogP contribution >= 0.6 is 0 Å². The smallest absolute Gasteiger partial charge is 0.407 e. The van der Waals surface area contributed by atoms with Crippen molar-refractivity contribution >= 4 is 12.1 Å². The summed E-state index contributed by atoms with van der Waals surface area (Å²) in [7, 11) is 0. The van der Waals surface area contributed by atoms with Gasteiger partial charge in [-0.2, -0.15) is 0 Å². The minimum absolute atomic E-state index is 0.299. The maximum absolute atomic E-state index is 11.3. The largest absolute Gasteiger partial charge is 0.480 e. The number of amides is 1. The van der Waals surface area contributed by atoms with Crippen LogP contribution in [0, 0.1) is 5.92 Å². The van der Waals surface area contributed by atoms with E-state index < -0.39 is 23.7 Å². The first-order valence-electron chi connectivity index (χ1n) is 6.55. The first-order valence-corrected chi connectivity index (χ1v) is 6.55. The molecule has 3 N–H and O–H groups in total. The van der Waals surface area contributed by atoms with Gasteiger partial charge in [0, 0.05) is 13.1 Å². The molecule has 0 aliphatic carbocycles. The van der Waals surface area contributed by atoms with Gasteiger partial charge in [0.2, 0.25) is 0 Å². The highest BCUT2D eigenvalue weighted by molar-refractivity contribution is 5.73. The van der Waals surface area contributed by atoms with Crippen LogP contribution in [0.4, 0.5) is 4.79 Å². The number of nitrogens with one attached hydrogen (secondary N) is 2. The number of ether oxygens (including phenoxy) is 1. The summed E-state index contributed by atoms with van der Waals surface area (Å²) in [4.78, 5) is 22.3. The highest BCUT2D eigenvalue weighted by Gasteiger charge is 2.18. The Balaban J connectivity index is 3.88. The molecule has 0 aliphatic rings. The van der Waals surface area contributed by atoms with Gasteiger partial charge in [-0.15, -0.1) is 0 Å². The highest BCUT2D eigenvalue weighted by Crippen LogP contribution is 2.06. The first kappa shape index (κ1) is 17.7. The second-order valence-corrected chi connectivity index (χ2v) is 5.90. The first-order chi connectivity index (χ1) is 8.61. The van der Waals surface area contributed by atoms with Crippen molar-refractivity contribution in [1.29, 1.82) is 0 Å². The third-order valence-electron chi connectivity index (χ3n) is 2.19. The van der Waals surface area contributed by atoms with Crippen molar-refractivity contribution in [3.05, 3.63) is 0 Å². The van der Waals surface area contributed by atoms with E-state index in [1.165, 1.54) is 0 Å². The van der Waals surface area contributed by atoms with E-state index in [-0.39, 0.29) is 0 Å². The van der Waals surface area contributed by atoms with Crippen molar-refractivity contribution in [2.75, 3.05) is 13.1 Å². The summed E-state index contributed by atoms with van der Waals surface area (Å²) in [5.41, 5.74) is -0.529. The van der Waals surface area contributed by atoms with Crippen LogP contribution < -0.4 is 10.6 Å². The zero-order valence-corrected chi connectivity index (χ0v) is 12.4. The Morgan fingerprint density at radius 1 is 1.21 bits per heavy atom. The maximum atomic E-state index is 11.3. The Kier molecular flexibility index (Phi) is 7.44. The van der Waals surface area contributed by atoms with Gasteiger partial charge in [-0.1, -0.05) is 13.8 Å². The number of carbonyl (C=O) groups excluding carboxylic acids is 1. The number of aliphatic carboxylic acids is 1. The van der Waals surface area contributed by atoms with E-state index in [1.807, 2.05) is 13.8 Å². The summed E-state index contributed by atoms with van der Waals surface area (Å²) in [6.45, 7) is 10.0. The number of carboxylic acids is 1. The lowest BCUT2D eigenvalue weighted by molar-refractivity contribution is -0.139. The van der Waals surface area contributed by atoms with Gasteiger partial charge in [-0.3, -0.25) is 4.79 Å². The molecular formula is C13H26N2O4. The standard InChI is InChI=1S/C13H26N2O4/c1-9(2)8-10(11(16)17)14-6-7-15-12(18)19-13(3,4)5/h9-10,14H,6-8H2,1-5H3,(H,15,18)(H,16,17)/t10-/m0/s1. The molecule has 0 aromatic rings. The molecule has 0 saturated carbocycles. The molecule has 0 bridgehead atoms. The molecule has 112 valence electrons. The van der Waals surface area contributed by atoms with E-state index >= 15 is 0 Å². The number of alkyl carbamates (subject to hydrolysis) is 1. The third-order valence-corrected chi connectivity index (χ3v) is 2.19. The number of hydrogen-bond acceptors (Lipinski definition) is 4. The maximum Gasteiger partial charge on any atom is 0.407 e. The molecule has 1 atom stereocenters. The van der Waals surface area contributed by atoms with Gasteiger partial charge >= 0.3 is 12.1 Å². The highest BCUT2D eigenvalue weighted by atomic mass is 16.6. The van der Waals surface area contributed by atoms with Gasteiger partial charge in [-0.25, -0.2) is 4.79 Å². The van der Waals surface area contributed by atoms with E-state index in [9.17, 15) is 9.59 Å². The van der Waals surface area contributed by atoms with E-state index in [0.717, 1.165) is 0 Å². The predicted molar refractivity (Wildman–Crippen MR) is 73.1 cm³/mol. The summed E-state index contributed by atoms with van der Waals surface area (Å²) >= 11 is 0. The van der Waals surface area contributed by atoms with Crippen molar-refractivity contribution in [2.24, 2.45) is 5.92 Å². The number of hydrogen-bond donors (Lipinski definition) is 3. The Morgan fingerprint density at radius 3 is 2.21 bits per heavy atom. The number of carboxylic acid groups (broad SMARTS) is 1. The molecule has 0 aromatic carbocycles. The second-order valence-electron chi connectivity index (χ2n) is 5.90. The molecule has 19 heavy (non-hydrogen) atoms. The lowest BCUT2D eigenvalue weighted by atomic mass is 10.0. The molecule has 0 rings (SSSR count). The second kappa shape index (κ2) is 7.99. The van der Waals surface area contributed by atoms with Crippen molar-refractivity contribution in [2.45, 2.75) is 52.7 Å². The fourth-order valence-corrected chi connectivity index (χ4v) is 1.47. The molecule has 0 saturated heterocycles. The van der Waals surface area contributed by atoms with Crippen LogP contribution in [0.3, 0.4) is 0 Å². The summed E-state index contributed by atoms with van der Waals surface area (Å²) in [5, 5.41) is 14.5. The Hall–Kier alpha value is -1.30. The molecule has 0 aliphatic heterocycles. The van der Waals surface area contributed by atoms with Crippen molar-refractivity contribution in [3.63, 3.8) is 0 Å². The molecule has 0 fully saturated rings. The summed E-state index contributed by atoms with van der Waals surface area (Å²) in [6, 6.07) is -0.583. The van der Waals surface area contributed by atoms with E-state index in [4.69, 9.17) is 9.84 Å². The minimum Gasteiger partial charge on any atom is -0.480 e. The quantitative estimate of drug-likeness (QED) is 0.614. The fraction of sp³-hybridized carbons (Fsp3) is 0.846. The van der Waals surface area contributed by atoms with Crippen LogP contribution in [0.15, 0.2) is 0 Å². The Bertz CT molecular complexity index is 298. The average molecular weight is 274 g/mol. The van der Waals surface area contributed by atoms with Gasteiger partial charge in [0.05, 0.1) is 0 Å². The topological polar surface area (TPSA) is 87.7 Å². The van der Waals surface area contributed by atoms with Crippen LogP contribution in [-0.2, 0) is 9.53 Å². The predicted octanol–water partition coefficient (Wildman–Crippen LogP) is 1.60. The summed E-state index contributed by atoms with van der Waals surface area (Å²) < 4.78 is 5.06. The fourth-order valence-electron chi connectivity index (χ4n) is 1.47. The summed E-state index contributed by atoms with van der Waals surface area (Å²) in [5.74, 6) is -0.571. The normalized spacial score (nSPS) is 13.2. The molecule has 0 unspecified atom stereocenters. The van der Waals surface area contributed by atoms with E-state index in [2.05, 4.69) is 10.6 Å². The third kappa shape index (κ3) is 10.3. The molecule has 6 nitrogen and oxygen atoms in total. The zero-order chi connectivity index (χ0) is 15.1. The Morgan fingerprint density at radius 2 is 1.79 bits per heavy atom. The molecule has 0 spiro atoms. The summed E-state index contributed by atoms with van der Waals surface area (Å²) in [6.07, 6.45) is 0.0620. The number of rotatable bonds is 7. The van der Waals surface area contributed by atoms with Crippen molar-refractivity contribution in [1.82, 2.24) is 10.6 Å². The molecule has 0 radical (unpaired) electrons. The molecule has 0 heterocycles. The van der Waals surface area contributed by atoms with Gasteiger partial charge in [0.1, 0.15) is 11.6 Å². The molecule has 1 amide bonds. The molecule has 0 aromatic heterocycles. The van der Waals surface area contributed by atoms with E-state index in [1.54, 1.807) is 20.8 Å². The van der Waals surface area contributed by atoms with Crippen molar-refractivity contribution in [3.8, 4) is 0 Å². The SMILES string of the molecule is CC(C)C[C@H](NCCNC(=O)OC(C)(C)C)C(=O)O.